The van der Waals surface area contributed by atoms with Gasteiger partial charge in [-0.1, -0.05) is 37.3 Å². The number of ether oxygens (including phenoxy) is 1. The lowest BCUT2D eigenvalue weighted by Crippen LogP contribution is -2.36. The van der Waals surface area contributed by atoms with Crippen LogP contribution >= 0.6 is 11.6 Å². The normalized spacial score (nSPS) is 14.5. The Hall–Kier alpha value is -0.570. The highest BCUT2D eigenvalue weighted by atomic mass is 35.5. The van der Waals surface area contributed by atoms with Crippen LogP contribution in [0.25, 0.3) is 0 Å². The lowest BCUT2D eigenvalue weighted by molar-refractivity contribution is 0.121. The van der Waals surface area contributed by atoms with Crippen molar-refractivity contribution in [3.8, 4) is 0 Å². The lowest BCUT2D eigenvalue weighted by Gasteiger charge is -2.18. The average molecular weight is 256 g/mol. The molecule has 2 atom stereocenters. The molecule has 0 saturated heterocycles. The Balaban J connectivity index is 2.05. The van der Waals surface area contributed by atoms with E-state index in [9.17, 15) is 0 Å². The van der Waals surface area contributed by atoms with E-state index in [2.05, 4.69) is 31.3 Å². The Kier molecular flexibility index (Phi) is 7.25. The van der Waals surface area contributed by atoms with Crippen molar-refractivity contribution in [1.29, 1.82) is 0 Å². The molecule has 1 N–H and O–H groups in total. The molecule has 3 heteroatoms. The minimum Gasteiger partial charge on any atom is -0.375 e. The van der Waals surface area contributed by atoms with Crippen LogP contribution in [0.4, 0.5) is 0 Å². The fourth-order valence-electron chi connectivity index (χ4n) is 1.60. The molecule has 17 heavy (non-hydrogen) atoms. The van der Waals surface area contributed by atoms with Crippen molar-refractivity contribution in [3.05, 3.63) is 35.9 Å². The quantitative estimate of drug-likeness (QED) is 0.569. The summed E-state index contributed by atoms with van der Waals surface area (Å²) < 4.78 is 5.58. The van der Waals surface area contributed by atoms with Crippen molar-refractivity contribution in [2.75, 3.05) is 13.2 Å². The predicted octanol–water partition coefficient (Wildman–Crippen LogP) is 3.20. The van der Waals surface area contributed by atoms with Crippen molar-refractivity contribution in [3.63, 3.8) is 0 Å². The first-order valence-corrected chi connectivity index (χ1v) is 6.66. The predicted molar refractivity (Wildman–Crippen MR) is 73.5 cm³/mol. The van der Waals surface area contributed by atoms with Crippen LogP contribution in [0.3, 0.4) is 0 Å². The summed E-state index contributed by atoms with van der Waals surface area (Å²) in [6.45, 7) is 6.44. The van der Waals surface area contributed by atoms with E-state index in [-0.39, 0.29) is 5.38 Å². The summed E-state index contributed by atoms with van der Waals surface area (Å²) >= 11 is 6.12. The Morgan fingerprint density at radius 3 is 2.65 bits per heavy atom. The van der Waals surface area contributed by atoms with Gasteiger partial charge in [0.2, 0.25) is 0 Å². The van der Waals surface area contributed by atoms with Crippen molar-refractivity contribution >= 4 is 11.6 Å². The first-order valence-electron chi connectivity index (χ1n) is 6.23. The molecule has 1 aromatic carbocycles. The molecule has 0 heterocycles. The minimum atomic E-state index is 0.198. The Bertz CT molecular complexity index is 292. The van der Waals surface area contributed by atoms with Gasteiger partial charge in [0.05, 0.1) is 13.2 Å². The van der Waals surface area contributed by atoms with E-state index in [0.29, 0.717) is 19.3 Å². The van der Waals surface area contributed by atoms with Gasteiger partial charge in [-0.05, 0) is 18.9 Å². The molecule has 0 fully saturated rings. The Morgan fingerprint density at radius 1 is 1.29 bits per heavy atom. The first-order chi connectivity index (χ1) is 8.24. The third-order valence-corrected chi connectivity index (χ3v) is 3.44. The molecule has 96 valence electrons. The van der Waals surface area contributed by atoms with Gasteiger partial charge in [0, 0.05) is 18.0 Å². The summed E-state index contributed by atoms with van der Waals surface area (Å²) in [6.07, 6.45) is 0.987. The number of hydrogen-bond donors (Lipinski definition) is 1. The van der Waals surface area contributed by atoms with Crippen LogP contribution < -0.4 is 5.32 Å². The van der Waals surface area contributed by atoms with Crippen molar-refractivity contribution in [1.82, 2.24) is 5.32 Å². The van der Waals surface area contributed by atoms with Gasteiger partial charge in [-0.2, -0.15) is 0 Å². The maximum absolute atomic E-state index is 6.12. The van der Waals surface area contributed by atoms with Gasteiger partial charge in [0.25, 0.3) is 0 Å². The molecule has 2 nitrogen and oxygen atoms in total. The first kappa shape index (κ1) is 14.5. The zero-order valence-corrected chi connectivity index (χ0v) is 11.4. The van der Waals surface area contributed by atoms with E-state index >= 15 is 0 Å². The summed E-state index contributed by atoms with van der Waals surface area (Å²) in [4.78, 5) is 0. The summed E-state index contributed by atoms with van der Waals surface area (Å²) in [5, 5.41) is 3.56. The monoisotopic (exact) mass is 255 g/mol. The summed E-state index contributed by atoms with van der Waals surface area (Å²) in [5.41, 5.74) is 1.21. The van der Waals surface area contributed by atoms with E-state index in [1.807, 2.05) is 18.2 Å². The van der Waals surface area contributed by atoms with Crippen LogP contribution in [0.1, 0.15) is 25.8 Å². The molecule has 2 unspecified atom stereocenters. The molecular formula is C14H22ClNO. The van der Waals surface area contributed by atoms with Crippen LogP contribution in [0, 0.1) is 0 Å². The molecule has 0 saturated carbocycles. The fourth-order valence-corrected chi connectivity index (χ4v) is 1.69. The molecule has 0 aliphatic heterocycles. The van der Waals surface area contributed by atoms with E-state index in [0.717, 1.165) is 13.0 Å². The third kappa shape index (κ3) is 6.06. The van der Waals surface area contributed by atoms with Gasteiger partial charge in [0.1, 0.15) is 0 Å². The van der Waals surface area contributed by atoms with E-state index < -0.39 is 0 Å². The van der Waals surface area contributed by atoms with Gasteiger partial charge >= 0.3 is 0 Å². The average Bonchev–Trinajstić information content (AvgIpc) is 2.38. The van der Waals surface area contributed by atoms with E-state index in [1.54, 1.807) is 0 Å². The second-order valence-electron chi connectivity index (χ2n) is 4.21. The SMILES string of the molecule is CCC(Cl)C(C)NCCOCc1ccccc1. The number of alkyl halides is 1. The highest BCUT2D eigenvalue weighted by Crippen LogP contribution is 2.06. The van der Waals surface area contributed by atoms with Crippen molar-refractivity contribution < 1.29 is 4.74 Å². The van der Waals surface area contributed by atoms with Crippen LogP contribution in [-0.4, -0.2) is 24.6 Å². The molecule has 1 aromatic rings. The lowest BCUT2D eigenvalue weighted by atomic mass is 10.2. The second-order valence-corrected chi connectivity index (χ2v) is 4.77. The maximum Gasteiger partial charge on any atom is 0.0717 e. The number of rotatable bonds is 8. The minimum absolute atomic E-state index is 0.198. The molecule has 0 aliphatic carbocycles. The van der Waals surface area contributed by atoms with Gasteiger partial charge in [-0.15, -0.1) is 11.6 Å². The van der Waals surface area contributed by atoms with Crippen LogP contribution in [0.15, 0.2) is 30.3 Å². The molecule has 0 amide bonds. The van der Waals surface area contributed by atoms with Gasteiger partial charge in [-0.25, -0.2) is 0 Å². The number of hydrogen-bond acceptors (Lipinski definition) is 2. The van der Waals surface area contributed by atoms with Crippen molar-refractivity contribution in [2.45, 2.75) is 38.3 Å². The zero-order chi connectivity index (χ0) is 12.5. The highest BCUT2D eigenvalue weighted by Gasteiger charge is 2.10. The number of benzene rings is 1. The van der Waals surface area contributed by atoms with Gasteiger partial charge in [-0.3, -0.25) is 0 Å². The fraction of sp³-hybridized carbons (Fsp3) is 0.571. The summed E-state index contributed by atoms with van der Waals surface area (Å²) in [6, 6.07) is 10.5. The molecule has 1 rings (SSSR count). The van der Waals surface area contributed by atoms with Gasteiger partial charge in [0.15, 0.2) is 0 Å². The van der Waals surface area contributed by atoms with Crippen LogP contribution in [0.2, 0.25) is 0 Å². The van der Waals surface area contributed by atoms with E-state index in [1.165, 1.54) is 5.56 Å². The second kappa shape index (κ2) is 8.51. The third-order valence-electron chi connectivity index (χ3n) is 2.76. The summed E-state index contributed by atoms with van der Waals surface area (Å²) in [5.74, 6) is 0. The topological polar surface area (TPSA) is 21.3 Å². The molecule has 0 aromatic heterocycles. The molecule has 0 aliphatic rings. The Labute approximate surface area is 109 Å². The Morgan fingerprint density at radius 2 is 2.00 bits per heavy atom. The molecule has 0 spiro atoms. The molecular weight excluding hydrogens is 234 g/mol. The number of nitrogens with one attached hydrogen (secondary N) is 1. The number of halogens is 1. The maximum atomic E-state index is 6.12. The van der Waals surface area contributed by atoms with E-state index in [4.69, 9.17) is 16.3 Å². The zero-order valence-electron chi connectivity index (χ0n) is 10.7. The molecule has 0 radical (unpaired) electrons. The standard InChI is InChI=1S/C14H22ClNO/c1-3-14(15)12(2)16-9-10-17-11-13-7-5-4-6-8-13/h4-8,12,14,16H,3,9-11H2,1-2H3. The van der Waals surface area contributed by atoms with Crippen molar-refractivity contribution in [2.24, 2.45) is 0 Å². The highest BCUT2D eigenvalue weighted by molar-refractivity contribution is 6.21. The van der Waals surface area contributed by atoms with Crippen LogP contribution in [-0.2, 0) is 11.3 Å². The molecule has 0 bridgehead atoms. The van der Waals surface area contributed by atoms with Gasteiger partial charge < -0.3 is 10.1 Å². The largest absolute Gasteiger partial charge is 0.375 e. The summed E-state index contributed by atoms with van der Waals surface area (Å²) in [7, 11) is 0. The van der Waals surface area contributed by atoms with Crippen LogP contribution in [0.5, 0.6) is 0 Å². The smallest absolute Gasteiger partial charge is 0.0717 e.